The van der Waals surface area contributed by atoms with Crippen LogP contribution >= 0.6 is 0 Å². The third-order valence-electron chi connectivity index (χ3n) is 4.94. The van der Waals surface area contributed by atoms with Gasteiger partial charge in [0.1, 0.15) is 0 Å². The average Bonchev–Trinajstić information content (AvgIpc) is 3.29. The summed E-state index contributed by atoms with van der Waals surface area (Å²) in [6.07, 6.45) is 2.53. The van der Waals surface area contributed by atoms with E-state index in [-0.39, 0.29) is 5.91 Å². The van der Waals surface area contributed by atoms with Gasteiger partial charge < -0.3 is 15.1 Å². The summed E-state index contributed by atoms with van der Waals surface area (Å²) < 4.78 is 0. The van der Waals surface area contributed by atoms with Gasteiger partial charge in [-0.3, -0.25) is 4.79 Å². The molecule has 0 spiro atoms. The summed E-state index contributed by atoms with van der Waals surface area (Å²) >= 11 is 0. The molecular weight excluding hydrogens is 350 g/mol. The maximum atomic E-state index is 12.6. The molecule has 2 aromatic carbocycles. The fourth-order valence-electron chi connectivity index (χ4n) is 3.33. The van der Waals surface area contributed by atoms with Crippen molar-refractivity contribution >= 4 is 28.8 Å². The third-order valence-corrected chi connectivity index (χ3v) is 4.94. The zero-order valence-corrected chi connectivity index (χ0v) is 15.9. The number of rotatable bonds is 5. The molecule has 3 aromatic rings. The van der Waals surface area contributed by atoms with Crippen molar-refractivity contribution in [3.63, 3.8) is 0 Å². The fourth-order valence-corrected chi connectivity index (χ4v) is 3.33. The Bertz CT molecular complexity index is 919. The topological polar surface area (TPSA) is 61.4 Å². The van der Waals surface area contributed by atoms with Crippen LogP contribution in [0.1, 0.15) is 23.3 Å². The number of benzene rings is 2. The Morgan fingerprint density at radius 2 is 1.64 bits per heavy atom. The van der Waals surface area contributed by atoms with Crippen LogP contribution in [0, 0.1) is 0 Å². The number of para-hydroxylation sites is 1. The van der Waals surface area contributed by atoms with Crippen molar-refractivity contribution in [2.45, 2.75) is 12.8 Å². The minimum atomic E-state index is -0.194. The van der Waals surface area contributed by atoms with E-state index >= 15 is 0 Å². The molecule has 6 heteroatoms. The van der Waals surface area contributed by atoms with Crippen LogP contribution in [0.15, 0.2) is 66.7 Å². The lowest BCUT2D eigenvalue weighted by Gasteiger charge is -2.18. The summed E-state index contributed by atoms with van der Waals surface area (Å²) in [4.78, 5) is 16.5. The van der Waals surface area contributed by atoms with Crippen molar-refractivity contribution in [1.29, 1.82) is 0 Å². The largest absolute Gasteiger partial charge is 0.372 e. The van der Waals surface area contributed by atoms with E-state index in [0.29, 0.717) is 11.5 Å². The lowest BCUT2D eigenvalue weighted by atomic mass is 10.2. The Labute approximate surface area is 164 Å². The van der Waals surface area contributed by atoms with Crippen molar-refractivity contribution in [1.82, 2.24) is 10.2 Å². The van der Waals surface area contributed by atoms with Gasteiger partial charge in [-0.15, -0.1) is 10.2 Å². The molecule has 1 N–H and O–H groups in total. The van der Waals surface area contributed by atoms with Crippen LogP contribution in [0.25, 0.3) is 0 Å². The highest BCUT2D eigenvalue weighted by atomic mass is 16.2. The zero-order chi connectivity index (χ0) is 19.3. The molecule has 0 bridgehead atoms. The lowest BCUT2D eigenvalue weighted by Crippen LogP contribution is -2.27. The predicted molar refractivity (Wildman–Crippen MR) is 112 cm³/mol. The molecule has 1 amide bonds. The van der Waals surface area contributed by atoms with E-state index in [1.807, 2.05) is 42.5 Å². The van der Waals surface area contributed by atoms with E-state index in [4.69, 9.17) is 0 Å². The fraction of sp³-hybridized carbons (Fsp3) is 0.227. The lowest BCUT2D eigenvalue weighted by molar-refractivity contribution is 0.0987. The SMILES string of the molecule is CN(C(=O)c1ccc(Nc2ccc(N3CCCC3)cc2)nn1)c1ccccc1. The molecule has 0 unspecified atom stereocenters. The molecule has 0 saturated carbocycles. The molecule has 6 nitrogen and oxygen atoms in total. The molecule has 1 aromatic heterocycles. The summed E-state index contributed by atoms with van der Waals surface area (Å²) in [5.74, 6) is 0.410. The van der Waals surface area contributed by atoms with E-state index < -0.39 is 0 Å². The normalized spacial score (nSPS) is 13.4. The Morgan fingerprint density at radius 1 is 0.929 bits per heavy atom. The maximum Gasteiger partial charge on any atom is 0.278 e. The van der Waals surface area contributed by atoms with Gasteiger partial charge in [-0.1, -0.05) is 18.2 Å². The summed E-state index contributed by atoms with van der Waals surface area (Å²) in [5.41, 5.74) is 3.31. The first-order chi connectivity index (χ1) is 13.7. The van der Waals surface area contributed by atoms with Gasteiger partial charge >= 0.3 is 0 Å². The van der Waals surface area contributed by atoms with Crippen molar-refractivity contribution < 1.29 is 4.79 Å². The summed E-state index contributed by atoms with van der Waals surface area (Å²) in [5, 5.41) is 11.5. The molecule has 1 fully saturated rings. The van der Waals surface area contributed by atoms with E-state index in [0.717, 1.165) is 24.5 Å². The van der Waals surface area contributed by atoms with Crippen molar-refractivity contribution in [2.24, 2.45) is 0 Å². The molecule has 4 rings (SSSR count). The van der Waals surface area contributed by atoms with E-state index in [1.165, 1.54) is 18.5 Å². The number of anilines is 4. The second-order valence-electron chi connectivity index (χ2n) is 6.87. The number of carbonyl (C=O) groups excluding carboxylic acids is 1. The van der Waals surface area contributed by atoms with Crippen LogP contribution in [-0.2, 0) is 0 Å². The van der Waals surface area contributed by atoms with Gasteiger partial charge in [-0.25, -0.2) is 0 Å². The Hall–Kier alpha value is -3.41. The molecule has 28 heavy (non-hydrogen) atoms. The standard InChI is InChI=1S/C22H23N5O/c1-26(18-7-3-2-4-8-18)22(28)20-13-14-21(25-24-20)23-17-9-11-19(12-10-17)27-15-5-6-16-27/h2-4,7-14H,5-6,15-16H2,1H3,(H,23,25). The van der Waals surface area contributed by atoms with Gasteiger partial charge in [0.2, 0.25) is 0 Å². The van der Waals surface area contributed by atoms with Crippen LogP contribution in [0.5, 0.6) is 0 Å². The number of nitrogens with one attached hydrogen (secondary N) is 1. The molecule has 1 aliphatic rings. The van der Waals surface area contributed by atoms with E-state index in [2.05, 4.69) is 32.5 Å². The molecule has 0 aliphatic carbocycles. The maximum absolute atomic E-state index is 12.6. The number of nitrogens with zero attached hydrogens (tertiary/aromatic N) is 4. The Balaban J connectivity index is 1.41. The van der Waals surface area contributed by atoms with Gasteiger partial charge in [0, 0.05) is 37.2 Å². The van der Waals surface area contributed by atoms with E-state index in [9.17, 15) is 4.79 Å². The summed E-state index contributed by atoms with van der Waals surface area (Å²) in [7, 11) is 1.73. The van der Waals surface area contributed by atoms with Gasteiger partial charge in [0.25, 0.3) is 5.91 Å². The summed E-state index contributed by atoms with van der Waals surface area (Å²) in [6, 6.07) is 21.2. The minimum Gasteiger partial charge on any atom is -0.372 e. The first-order valence-corrected chi connectivity index (χ1v) is 9.49. The molecule has 142 valence electrons. The predicted octanol–water partition coefficient (Wildman–Crippen LogP) is 4.10. The highest BCUT2D eigenvalue weighted by Crippen LogP contribution is 2.23. The molecule has 1 aliphatic heterocycles. The quantitative estimate of drug-likeness (QED) is 0.730. The van der Waals surface area contributed by atoms with Crippen LogP contribution in [0.3, 0.4) is 0 Å². The summed E-state index contributed by atoms with van der Waals surface area (Å²) in [6.45, 7) is 2.26. The first-order valence-electron chi connectivity index (χ1n) is 9.49. The number of carbonyl (C=O) groups is 1. The number of hydrogen-bond acceptors (Lipinski definition) is 5. The minimum absolute atomic E-state index is 0.194. The second kappa shape index (κ2) is 8.08. The third kappa shape index (κ3) is 3.96. The van der Waals surface area contributed by atoms with E-state index in [1.54, 1.807) is 24.1 Å². The highest BCUT2D eigenvalue weighted by Gasteiger charge is 2.15. The number of amides is 1. The molecular formula is C22H23N5O. The molecule has 0 radical (unpaired) electrons. The molecule has 1 saturated heterocycles. The van der Waals surface area contributed by atoms with Crippen molar-refractivity contribution in [3.8, 4) is 0 Å². The Kier molecular flexibility index (Phi) is 5.19. The van der Waals surface area contributed by atoms with Crippen molar-refractivity contribution in [3.05, 3.63) is 72.4 Å². The van der Waals surface area contributed by atoms with Crippen molar-refractivity contribution in [2.75, 3.05) is 35.3 Å². The van der Waals surface area contributed by atoms with Crippen LogP contribution in [-0.4, -0.2) is 36.2 Å². The van der Waals surface area contributed by atoms with Gasteiger partial charge in [0.15, 0.2) is 11.5 Å². The van der Waals surface area contributed by atoms with Gasteiger partial charge in [-0.05, 0) is 61.4 Å². The Morgan fingerprint density at radius 3 is 2.29 bits per heavy atom. The number of hydrogen-bond donors (Lipinski definition) is 1. The van der Waals surface area contributed by atoms with Crippen LogP contribution in [0.2, 0.25) is 0 Å². The monoisotopic (exact) mass is 373 g/mol. The molecule has 2 heterocycles. The average molecular weight is 373 g/mol. The number of aromatic nitrogens is 2. The van der Waals surface area contributed by atoms with Gasteiger partial charge in [-0.2, -0.15) is 0 Å². The first kappa shape index (κ1) is 18.0. The molecule has 0 atom stereocenters. The van der Waals surface area contributed by atoms with Crippen LogP contribution < -0.4 is 15.1 Å². The smallest absolute Gasteiger partial charge is 0.278 e. The highest BCUT2D eigenvalue weighted by molar-refractivity contribution is 6.04. The van der Waals surface area contributed by atoms with Gasteiger partial charge in [0.05, 0.1) is 0 Å². The van der Waals surface area contributed by atoms with Crippen LogP contribution in [0.4, 0.5) is 22.9 Å². The zero-order valence-electron chi connectivity index (χ0n) is 15.9. The second-order valence-corrected chi connectivity index (χ2v) is 6.87.